The fraction of sp³-hybridized carbons (Fsp3) is 0.545. The van der Waals surface area contributed by atoms with Gasteiger partial charge in [-0.15, -0.1) is 0 Å². The Morgan fingerprint density at radius 2 is 1.32 bits per heavy atom. The minimum Gasteiger partial charge on any atom is -0.394 e. The van der Waals surface area contributed by atoms with Crippen LogP contribution in [0.25, 0.3) is 11.2 Å². The smallest absolute Gasteiger partial charge is 0.394 e. The standard InChI is InChI=1S/C11H12F3N5O4.3H3O4P/c12-11(13,14)10-17-7(15)4-8(18-10)19(2-16-4)9-6(22)5(21)3(1-20)23-9;3*1-5(2,3)4/h2-3,5-6,9,20-22H,1H2,(H2,15,17,18);3*(H3,1,2,3,4)/t3-,5-,6-,9-;;;/m1.../s1. The lowest BCUT2D eigenvalue weighted by Gasteiger charge is -2.17. The fourth-order valence-electron chi connectivity index (χ4n) is 2.36. The summed E-state index contributed by atoms with van der Waals surface area (Å²) in [5.74, 6) is -1.94. The molecule has 21 nitrogen and oxygen atoms in total. The van der Waals surface area contributed by atoms with Crippen LogP contribution in [0, 0.1) is 0 Å². The molecule has 27 heteroatoms. The van der Waals surface area contributed by atoms with Crippen LogP contribution < -0.4 is 5.73 Å². The van der Waals surface area contributed by atoms with E-state index in [0.29, 0.717) is 0 Å². The number of alkyl halides is 3. The van der Waals surface area contributed by atoms with Crippen LogP contribution in [0.3, 0.4) is 0 Å². The van der Waals surface area contributed by atoms with Crippen LogP contribution >= 0.6 is 23.5 Å². The quantitative estimate of drug-likeness (QED) is 0.142. The molecule has 0 aliphatic carbocycles. The molecule has 2 aromatic rings. The van der Waals surface area contributed by atoms with Crippen LogP contribution in [-0.4, -0.2) is 104 Å². The zero-order chi connectivity index (χ0) is 30.4. The summed E-state index contributed by atoms with van der Waals surface area (Å²) in [6.07, 6.45) is -9.02. The van der Waals surface area contributed by atoms with Gasteiger partial charge < -0.3 is 69.8 Å². The molecular formula is C11H21F3N5O16P3. The summed E-state index contributed by atoms with van der Waals surface area (Å²) in [7, 11) is -13.9. The van der Waals surface area contributed by atoms with E-state index in [4.69, 9.17) is 73.3 Å². The molecule has 3 heterocycles. The Hall–Kier alpha value is -1.69. The van der Waals surface area contributed by atoms with Crippen molar-refractivity contribution >= 4 is 40.4 Å². The van der Waals surface area contributed by atoms with Crippen molar-refractivity contribution < 1.29 is 91.0 Å². The van der Waals surface area contributed by atoms with Crippen LogP contribution in [0.15, 0.2) is 6.33 Å². The Morgan fingerprint density at radius 1 is 0.895 bits per heavy atom. The third kappa shape index (κ3) is 14.5. The molecule has 0 saturated carbocycles. The molecule has 2 aromatic heterocycles. The summed E-state index contributed by atoms with van der Waals surface area (Å²) in [5.41, 5.74) is 5.05. The number of aliphatic hydroxyl groups excluding tert-OH is 3. The molecule has 3 rings (SSSR count). The number of phosphoric acid groups is 3. The second-order valence-corrected chi connectivity index (χ2v) is 9.60. The SMILES string of the molecule is Nc1nc(C(F)(F)F)nc2c1ncn2[C@@H]1O[C@H](CO)[C@@H](O)[C@H]1O.O=P(O)(O)O.O=P(O)(O)O.O=P(O)(O)O. The topological polar surface area (TPSA) is 373 Å². The first-order valence-corrected chi connectivity index (χ1v) is 13.5. The van der Waals surface area contributed by atoms with E-state index in [9.17, 15) is 23.4 Å². The Morgan fingerprint density at radius 3 is 1.66 bits per heavy atom. The Bertz CT molecular complexity index is 1120. The Kier molecular flexibility index (Phi) is 13.0. The first-order chi connectivity index (χ1) is 16.7. The van der Waals surface area contributed by atoms with Gasteiger partial charge in [-0.2, -0.15) is 13.2 Å². The third-order valence-corrected chi connectivity index (χ3v) is 3.49. The number of anilines is 1. The van der Waals surface area contributed by atoms with Gasteiger partial charge in [0.1, 0.15) is 23.8 Å². The maximum absolute atomic E-state index is 12.8. The number of nitrogens with two attached hydrogens (primary N) is 1. The number of imidazole rings is 1. The molecule has 14 N–H and O–H groups in total. The van der Waals surface area contributed by atoms with Gasteiger partial charge in [0.05, 0.1) is 12.9 Å². The van der Waals surface area contributed by atoms with E-state index in [1.54, 1.807) is 0 Å². The first-order valence-electron chi connectivity index (χ1n) is 8.78. The second kappa shape index (κ2) is 13.6. The third-order valence-electron chi connectivity index (χ3n) is 3.49. The van der Waals surface area contributed by atoms with Crippen LogP contribution in [0.5, 0.6) is 0 Å². The van der Waals surface area contributed by atoms with Crippen molar-refractivity contribution in [3.63, 3.8) is 0 Å². The molecule has 1 aliphatic heterocycles. The molecule has 0 aromatic carbocycles. The Balaban J connectivity index is 0.000000751. The maximum atomic E-state index is 12.8. The highest BCUT2D eigenvalue weighted by molar-refractivity contribution is 7.45. The van der Waals surface area contributed by atoms with Crippen molar-refractivity contribution in [1.82, 2.24) is 19.5 Å². The lowest BCUT2D eigenvalue weighted by molar-refractivity contribution is -0.144. The lowest BCUT2D eigenvalue weighted by atomic mass is 10.1. The van der Waals surface area contributed by atoms with Crippen LogP contribution in [0.4, 0.5) is 19.0 Å². The minimum atomic E-state index is -4.82. The molecule has 222 valence electrons. The predicted octanol–water partition coefficient (Wildman–Crippen LogP) is -3.75. The van der Waals surface area contributed by atoms with Crippen molar-refractivity contribution in [3.8, 4) is 0 Å². The van der Waals surface area contributed by atoms with Crippen molar-refractivity contribution in [1.29, 1.82) is 0 Å². The molecule has 0 radical (unpaired) electrons. The van der Waals surface area contributed by atoms with E-state index < -0.39 is 72.4 Å². The molecule has 0 spiro atoms. The maximum Gasteiger partial charge on any atom is 0.466 e. The van der Waals surface area contributed by atoms with Gasteiger partial charge in [0.25, 0.3) is 0 Å². The molecule has 0 bridgehead atoms. The van der Waals surface area contributed by atoms with Crippen molar-refractivity contribution in [2.45, 2.75) is 30.7 Å². The van der Waals surface area contributed by atoms with E-state index in [-0.39, 0.29) is 11.2 Å². The van der Waals surface area contributed by atoms with Crippen molar-refractivity contribution in [2.24, 2.45) is 0 Å². The summed E-state index contributed by atoms with van der Waals surface area (Å²) in [6.45, 7) is -0.577. The number of halogens is 3. The number of hydrogen-bond donors (Lipinski definition) is 13. The number of rotatable bonds is 2. The summed E-state index contributed by atoms with van der Waals surface area (Å²) >= 11 is 0. The van der Waals surface area contributed by atoms with Gasteiger partial charge in [-0.3, -0.25) is 4.57 Å². The normalized spacial score (nSPS) is 22.0. The molecule has 1 fully saturated rings. The summed E-state index contributed by atoms with van der Waals surface area (Å²) in [5, 5.41) is 28.8. The average Bonchev–Trinajstić information content (AvgIpc) is 3.19. The van der Waals surface area contributed by atoms with E-state index in [0.717, 1.165) is 10.9 Å². The molecule has 0 amide bonds. The van der Waals surface area contributed by atoms with Gasteiger partial charge in [0, 0.05) is 0 Å². The molecule has 1 saturated heterocycles. The van der Waals surface area contributed by atoms with E-state index in [1.807, 2.05) is 0 Å². The van der Waals surface area contributed by atoms with Crippen molar-refractivity contribution in [3.05, 3.63) is 12.2 Å². The number of aromatic nitrogens is 4. The monoisotopic (exact) mass is 629 g/mol. The summed E-state index contributed by atoms with van der Waals surface area (Å²) < 4.78 is 71.3. The zero-order valence-corrected chi connectivity index (χ0v) is 20.6. The average molecular weight is 629 g/mol. The van der Waals surface area contributed by atoms with E-state index in [1.165, 1.54) is 0 Å². The number of nitrogens with zero attached hydrogens (tertiary/aromatic N) is 4. The fourth-order valence-corrected chi connectivity index (χ4v) is 2.36. The van der Waals surface area contributed by atoms with E-state index in [2.05, 4.69) is 15.0 Å². The highest BCUT2D eigenvalue weighted by atomic mass is 31.2. The summed E-state index contributed by atoms with van der Waals surface area (Å²) in [6, 6.07) is 0. The highest BCUT2D eigenvalue weighted by Crippen LogP contribution is 2.34. The molecule has 0 unspecified atom stereocenters. The van der Waals surface area contributed by atoms with Gasteiger partial charge >= 0.3 is 29.6 Å². The number of fused-ring (bicyclic) bond motifs is 1. The lowest BCUT2D eigenvalue weighted by Crippen LogP contribution is -2.33. The van der Waals surface area contributed by atoms with Crippen molar-refractivity contribution in [2.75, 3.05) is 12.3 Å². The van der Waals surface area contributed by atoms with Gasteiger partial charge in [-0.05, 0) is 0 Å². The highest BCUT2D eigenvalue weighted by Gasteiger charge is 2.44. The first kappa shape index (κ1) is 36.3. The van der Waals surface area contributed by atoms with Crippen LogP contribution in [-0.2, 0) is 24.6 Å². The van der Waals surface area contributed by atoms with Gasteiger partial charge in [0.15, 0.2) is 17.7 Å². The predicted molar refractivity (Wildman–Crippen MR) is 111 cm³/mol. The number of nitrogen functional groups attached to an aromatic ring is 1. The minimum absolute atomic E-state index is 0.101. The Labute approximate surface area is 207 Å². The molecular weight excluding hydrogens is 608 g/mol. The van der Waals surface area contributed by atoms with Gasteiger partial charge in [0.2, 0.25) is 5.82 Å². The van der Waals surface area contributed by atoms with Gasteiger partial charge in [-0.25, -0.2) is 28.6 Å². The van der Waals surface area contributed by atoms with Gasteiger partial charge in [-0.1, -0.05) is 0 Å². The largest absolute Gasteiger partial charge is 0.466 e. The number of aliphatic hydroxyl groups is 3. The zero-order valence-electron chi connectivity index (χ0n) is 17.9. The summed E-state index contributed by atoms with van der Waals surface area (Å²) in [4.78, 5) is 75.0. The number of hydrogen-bond acceptors (Lipinski definition) is 11. The second-order valence-electron chi connectivity index (χ2n) is 6.52. The molecule has 1 aliphatic rings. The van der Waals surface area contributed by atoms with Crippen LogP contribution in [0.1, 0.15) is 12.1 Å². The number of ether oxygens (including phenoxy) is 1. The van der Waals surface area contributed by atoms with Crippen LogP contribution in [0.2, 0.25) is 0 Å². The molecule has 38 heavy (non-hydrogen) atoms. The van der Waals surface area contributed by atoms with E-state index >= 15 is 0 Å². The molecule has 4 atom stereocenters.